The van der Waals surface area contributed by atoms with Gasteiger partial charge < -0.3 is 34.7 Å². The second kappa shape index (κ2) is 13.8. The number of aliphatic hydroxyl groups is 1. The van der Waals surface area contributed by atoms with Crippen molar-refractivity contribution >= 4 is 35.6 Å². The summed E-state index contributed by atoms with van der Waals surface area (Å²) in [6.07, 6.45) is -0.861. The van der Waals surface area contributed by atoms with Crippen LogP contribution in [-0.2, 0) is 0 Å². The molecular weight excluding hydrogens is 513 g/mol. The first-order valence-corrected chi connectivity index (χ1v) is 9.82. The minimum absolute atomic E-state index is 0. The van der Waals surface area contributed by atoms with Crippen LogP contribution in [0.25, 0.3) is 0 Å². The molecule has 0 heterocycles. The maximum Gasteiger partial charge on any atom is 0.195 e. The zero-order chi connectivity index (χ0) is 21.9. The zero-order valence-electron chi connectivity index (χ0n) is 18.6. The van der Waals surface area contributed by atoms with Gasteiger partial charge in [-0.05, 0) is 44.2 Å². The van der Waals surface area contributed by atoms with Crippen LogP contribution in [-0.4, -0.2) is 52.1 Å². The van der Waals surface area contributed by atoms with Crippen molar-refractivity contribution in [3.8, 4) is 23.0 Å². The number of aliphatic imine (C=N–C) groups is 1. The molecule has 3 N–H and O–H groups in total. The Bertz CT molecular complexity index is 848. The molecule has 8 nitrogen and oxygen atoms in total. The highest BCUT2D eigenvalue weighted by Crippen LogP contribution is 2.31. The second-order valence-electron chi connectivity index (χ2n) is 6.27. The lowest BCUT2D eigenvalue weighted by Crippen LogP contribution is -2.31. The van der Waals surface area contributed by atoms with E-state index in [0.717, 1.165) is 5.69 Å². The van der Waals surface area contributed by atoms with Gasteiger partial charge in [-0.3, -0.25) is 0 Å². The molecule has 0 bridgehead atoms. The molecule has 0 radical (unpaired) electrons. The number of anilines is 1. The summed E-state index contributed by atoms with van der Waals surface area (Å²) in [5.41, 5.74) is 1.40. The number of methoxy groups -OCH3 is 3. The number of benzene rings is 2. The lowest BCUT2D eigenvalue weighted by Gasteiger charge is -2.17. The molecule has 31 heavy (non-hydrogen) atoms. The molecule has 0 saturated carbocycles. The summed E-state index contributed by atoms with van der Waals surface area (Å²) in [6, 6.07) is 10.8. The highest BCUT2D eigenvalue weighted by molar-refractivity contribution is 14.0. The second-order valence-corrected chi connectivity index (χ2v) is 6.27. The van der Waals surface area contributed by atoms with Gasteiger partial charge in [0, 0.05) is 23.9 Å². The van der Waals surface area contributed by atoms with Crippen LogP contribution in [0.4, 0.5) is 5.69 Å². The molecule has 0 spiro atoms. The molecule has 2 aromatic carbocycles. The number of halogens is 1. The zero-order valence-corrected chi connectivity index (χ0v) is 20.9. The van der Waals surface area contributed by atoms with E-state index in [9.17, 15) is 5.11 Å². The maximum absolute atomic E-state index is 10.7. The highest BCUT2D eigenvalue weighted by Gasteiger charge is 2.15. The summed E-state index contributed by atoms with van der Waals surface area (Å²) in [6.45, 7) is 5.21. The molecule has 0 aliphatic carbocycles. The number of aliphatic hydroxyl groups excluding tert-OH is 1. The van der Waals surface area contributed by atoms with E-state index in [4.69, 9.17) is 18.9 Å². The van der Waals surface area contributed by atoms with Crippen LogP contribution in [0.3, 0.4) is 0 Å². The van der Waals surface area contributed by atoms with Gasteiger partial charge in [0.15, 0.2) is 17.5 Å². The van der Waals surface area contributed by atoms with Gasteiger partial charge in [0.1, 0.15) is 17.6 Å². The third-order valence-corrected chi connectivity index (χ3v) is 4.29. The van der Waals surface area contributed by atoms with E-state index in [1.165, 1.54) is 0 Å². The summed E-state index contributed by atoms with van der Waals surface area (Å²) in [7, 11) is 4.74. The Morgan fingerprint density at radius 2 is 1.68 bits per heavy atom. The lowest BCUT2D eigenvalue weighted by atomic mass is 10.1. The third-order valence-electron chi connectivity index (χ3n) is 4.29. The molecule has 172 valence electrons. The topological polar surface area (TPSA) is 93.6 Å². The Hall–Kier alpha value is -2.40. The van der Waals surface area contributed by atoms with Crippen molar-refractivity contribution in [2.75, 3.05) is 46.3 Å². The van der Waals surface area contributed by atoms with Gasteiger partial charge in [0.25, 0.3) is 0 Å². The fraction of sp³-hybridized carbons (Fsp3) is 0.409. The van der Waals surface area contributed by atoms with Crippen LogP contribution in [0.15, 0.2) is 41.4 Å². The van der Waals surface area contributed by atoms with Crippen molar-refractivity contribution in [3.05, 3.63) is 42.0 Å². The number of nitrogens with one attached hydrogen (secondary N) is 2. The Balaban J connectivity index is 0.00000480. The predicted octanol–water partition coefficient (Wildman–Crippen LogP) is 3.84. The standard InChI is InChI=1S/C22H31N3O5.HI/c1-6-23-22(25-15-8-10-20(29-5)21(12-15)30-7-2)24-14-18(26)17-13-16(27-3)9-11-19(17)28-4;/h8-13,18,26H,6-7,14H2,1-5H3,(H2,23,24,25);1H. The number of nitrogens with zero attached hydrogens (tertiary/aromatic N) is 1. The van der Waals surface area contributed by atoms with E-state index in [1.807, 2.05) is 32.0 Å². The van der Waals surface area contributed by atoms with E-state index in [0.29, 0.717) is 47.7 Å². The van der Waals surface area contributed by atoms with E-state index >= 15 is 0 Å². The quantitative estimate of drug-likeness (QED) is 0.237. The fourth-order valence-electron chi connectivity index (χ4n) is 2.84. The highest BCUT2D eigenvalue weighted by atomic mass is 127. The smallest absolute Gasteiger partial charge is 0.195 e. The summed E-state index contributed by atoms with van der Waals surface area (Å²) in [4.78, 5) is 4.51. The normalized spacial score (nSPS) is 11.7. The van der Waals surface area contributed by atoms with E-state index in [2.05, 4.69) is 15.6 Å². The van der Waals surface area contributed by atoms with Crippen molar-refractivity contribution < 1.29 is 24.1 Å². The van der Waals surface area contributed by atoms with Crippen molar-refractivity contribution in [1.29, 1.82) is 0 Å². The van der Waals surface area contributed by atoms with Crippen molar-refractivity contribution in [2.45, 2.75) is 20.0 Å². The Morgan fingerprint density at radius 1 is 0.968 bits per heavy atom. The summed E-state index contributed by atoms with van der Waals surface area (Å²) >= 11 is 0. The molecule has 2 rings (SSSR count). The van der Waals surface area contributed by atoms with Crippen molar-refractivity contribution in [2.24, 2.45) is 4.99 Å². The van der Waals surface area contributed by atoms with E-state index in [1.54, 1.807) is 39.5 Å². The molecule has 0 fully saturated rings. The largest absolute Gasteiger partial charge is 0.497 e. The molecule has 0 amide bonds. The number of ether oxygens (including phenoxy) is 4. The lowest BCUT2D eigenvalue weighted by molar-refractivity contribution is 0.182. The molecular formula is C22H32IN3O5. The Kier molecular flexibility index (Phi) is 11.9. The first-order chi connectivity index (χ1) is 14.6. The van der Waals surface area contributed by atoms with Gasteiger partial charge in [0.05, 0.1) is 34.5 Å². The van der Waals surface area contributed by atoms with Crippen LogP contribution in [0, 0.1) is 0 Å². The molecule has 0 aromatic heterocycles. The van der Waals surface area contributed by atoms with Gasteiger partial charge in [-0.2, -0.15) is 0 Å². The van der Waals surface area contributed by atoms with Crippen LogP contribution in [0.1, 0.15) is 25.5 Å². The van der Waals surface area contributed by atoms with Crippen LogP contribution in [0.5, 0.6) is 23.0 Å². The number of hydrogen-bond donors (Lipinski definition) is 3. The van der Waals surface area contributed by atoms with Crippen molar-refractivity contribution in [1.82, 2.24) is 5.32 Å². The van der Waals surface area contributed by atoms with Gasteiger partial charge in [-0.25, -0.2) is 4.99 Å². The van der Waals surface area contributed by atoms with E-state index < -0.39 is 6.10 Å². The van der Waals surface area contributed by atoms with Crippen molar-refractivity contribution in [3.63, 3.8) is 0 Å². The molecule has 0 aliphatic heterocycles. The average molecular weight is 545 g/mol. The number of rotatable bonds is 10. The van der Waals surface area contributed by atoms with Gasteiger partial charge in [-0.15, -0.1) is 24.0 Å². The van der Waals surface area contributed by atoms with Crippen LogP contribution in [0.2, 0.25) is 0 Å². The third kappa shape index (κ3) is 7.66. The Labute approximate surface area is 201 Å². The summed E-state index contributed by atoms with van der Waals surface area (Å²) in [5.74, 6) is 3.05. The average Bonchev–Trinajstić information content (AvgIpc) is 2.77. The minimum atomic E-state index is -0.861. The summed E-state index contributed by atoms with van der Waals surface area (Å²) in [5, 5.41) is 17.1. The number of guanidine groups is 1. The molecule has 9 heteroatoms. The SMILES string of the molecule is CCNC(=NCC(O)c1cc(OC)ccc1OC)Nc1ccc(OC)c(OCC)c1.I. The van der Waals surface area contributed by atoms with Gasteiger partial charge >= 0.3 is 0 Å². The first-order valence-electron chi connectivity index (χ1n) is 9.82. The molecule has 2 aromatic rings. The molecule has 1 atom stereocenters. The van der Waals surface area contributed by atoms with E-state index in [-0.39, 0.29) is 30.5 Å². The van der Waals surface area contributed by atoms with Crippen LogP contribution >= 0.6 is 24.0 Å². The maximum atomic E-state index is 10.7. The first kappa shape index (κ1) is 26.6. The molecule has 0 saturated heterocycles. The predicted molar refractivity (Wildman–Crippen MR) is 134 cm³/mol. The van der Waals surface area contributed by atoms with Gasteiger partial charge in [-0.1, -0.05) is 0 Å². The monoisotopic (exact) mass is 545 g/mol. The minimum Gasteiger partial charge on any atom is -0.497 e. The van der Waals surface area contributed by atoms with Crippen LogP contribution < -0.4 is 29.6 Å². The molecule has 1 unspecified atom stereocenters. The fourth-order valence-corrected chi connectivity index (χ4v) is 2.84. The molecule has 0 aliphatic rings. The van der Waals surface area contributed by atoms with Gasteiger partial charge in [0.2, 0.25) is 0 Å². The number of hydrogen-bond acceptors (Lipinski definition) is 6. The Morgan fingerprint density at radius 3 is 2.29 bits per heavy atom. The summed E-state index contributed by atoms with van der Waals surface area (Å²) < 4.78 is 21.5.